The fourth-order valence-electron chi connectivity index (χ4n) is 4.92. The fourth-order valence-corrected chi connectivity index (χ4v) is 5.14. The van der Waals surface area contributed by atoms with E-state index in [1.807, 2.05) is 13.0 Å². The smallest absolute Gasteiger partial charge is 0.331 e. The van der Waals surface area contributed by atoms with E-state index in [9.17, 15) is 24.3 Å². The molecule has 0 bridgehead atoms. The number of anilines is 2. The molecule has 11 nitrogen and oxygen atoms in total. The first kappa shape index (κ1) is 26.5. The summed E-state index contributed by atoms with van der Waals surface area (Å²) in [5.41, 5.74) is 0.669. The standard InChI is InChI=1S/C27H27ClN6O5/c1-2-32-22-8-7-17(9-20(22)25(37)34(27(32)39)13-15-3-4-15)30-24(36)23-11-19(35)14-33(23)26(38)31-18-6-5-16(12-29)21(28)10-18/h5-10,15,19,23,35H,2-4,11,13-14H2,1H3,(H,30,36)(H,31,38)/t19-,23+/m1/s1. The molecule has 2 fully saturated rings. The van der Waals surface area contributed by atoms with Gasteiger partial charge in [-0.15, -0.1) is 0 Å². The van der Waals surface area contributed by atoms with Crippen molar-refractivity contribution in [2.24, 2.45) is 5.92 Å². The van der Waals surface area contributed by atoms with Crippen LogP contribution in [0.1, 0.15) is 31.7 Å². The number of fused-ring (bicyclic) bond motifs is 1. The SMILES string of the molecule is CCn1c(=O)n(CC2CC2)c(=O)c2cc(NC(=O)[C@@H]3C[C@@H](O)CN3C(=O)Nc3ccc(C#N)c(Cl)c3)ccc21. The minimum Gasteiger partial charge on any atom is -0.391 e. The Hall–Kier alpha value is -4.14. The van der Waals surface area contributed by atoms with Crippen LogP contribution in [0, 0.1) is 17.2 Å². The van der Waals surface area contributed by atoms with E-state index in [1.165, 1.54) is 27.7 Å². The molecule has 2 heterocycles. The summed E-state index contributed by atoms with van der Waals surface area (Å²) in [6.45, 7) is 2.54. The highest BCUT2D eigenvalue weighted by molar-refractivity contribution is 6.32. The van der Waals surface area contributed by atoms with Gasteiger partial charge in [-0.1, -0.05) is 11.6 Å². The zero-order valence-corrected chi connectivity index (χ0v) is 21.9. The number of nitriles is 1. The maximum absolute atomic E-state index is 13.2. The second kappa shape index (κ2) is 10.6. The Balaban J connectivity index is 1.38. The number of aromatic nitrogens is 2. The quantitative estimate of drug-likeness (QED) is 0.429. The average Bonchev–Trinajstić information content (AvgIpc) is 3.65. The van der Waals surface area contributed by atoms with Crippen molar-refractivity contribution in [1.82, 2.24) is 14.0 Å². The summed E-state index contributed by atoms with van der Waals surface area (Å²) in [4.78, 5) is 53.6. The summed E-state index contributed by atoms with van der Waals surface area (Å²) >= 11 is 6.05. The predicted octanol–water partition coefficient (Wildman–Crippen LogP) is 2.72. The third kappa shape index (κ3) is 5.26. The number of aliphatic hydroxyl groups excluding tert-OH is 1. The minimum atomic E-state index is -0.972. The van der Waals surface area contributed by atoms with Crippen LogP contribution >= 0.6 is 11.6 Å². The summed E-state index contributed by atoms with van der Waals surface area (Å²) < 4.78 is 2.81. The van der Waals surface area contributed by atoms with Crippen LogP contribution in [0.3, 0.4) is 0 Å². The molecule has 12 heteroatoms. The van der Waals surface area contributed by atoms with Gasteiger partial charge in [-0.2, -0.15) is 5.26 Å². The van der Waals surface area contributed by atoms with Crippen LogP contribution in [0.5, 0.6) is 0 Å². The number of likely N-dealkylation sites (tertiary alicyclic amines) is 1. The third-order valence-electron chi connectivity index (χ3n) is 7.13. The van der Waals surface area contributed by atoms with Crippen LogP contribution in [0.4, 0.5) is 16.2 Å². The van der Waals surface area contributed by atoms with Gasteiger partial charge in [0.1, 0.15) is 12.1 Å². The number of nitrogens with one attached hydrogen (secondary N) is 2. The lowest BCUT2D eigenvalue weighted by Gasteiger charge is -2.24. The number of hydrogen-bond donors (Lipinski definition) is 3. The van der Waals surface area contributed by atoms with Crippen LogP contribution in [0.2, 0.25) is 5.02 Å². The normalized spacial score (nSPS) is 18.7. The maximum Gasteiger partial charge on any atom is 0.331 e. The number of amides is 3. The Morgan fingerprint density at radius 3 is 2.49 bits per heavy atom. The van der Waals surface area contributed by atoms with E-state index in [-0.39, 0.29) is 29.2 Å². The number of benzene rings is 2. The van der Waals surface area contributed by atoms with Crippen molar-refractivity contribution in [1.29, 1.82) is 5.26 Å². The average molecular weight is 551 g/mol. The third-order valence-corrected chi connectivity index (χ3v) is 7.44. The molecule has 1 saturated carbocycles. The lowest BCUT2D eigenvalue weighted by molar-refractivity contribution is -0.119. The number of carbonyl (C=O) groups is 2. The van der Waals surface area contributed by atoms with Gasteiger partial charge in [0, 0.05) is 37.4 Å². The fraction of sp³-hybridized carbons (Fsp3) is 0.370. The number of β-amino-alcohol motifs (C(OH)–C–C–N with tert-alkyl or cyclic N) is 1. The molecule has 1 aliphatic heterocycles. The lowest BCUT2D eigenvalue weighted by Crippen LogP contribution is -2.45. The van der Waals surface area contributed by atoms with Crippen LogP contribution < -0.4 is 21.9 Å². The first-order chi connectivity index (χ1) is 18.7. The summed E-state index contributed by atoms with van der Waals surface area (Å²) in [5, 5.41) is 25.2. The number of carbonyl (C=O) groups excluding carboxylic acids is 2. The number of rotatable bonds is 6. The molecule has 1 aromatic heterocycles. The Bertz CT molecular complexity index is 1640. The largest absolute Gasteiger partial charge is 0.391 e. The number of hydrogen-bond acceptors (Lipinski definition) is 6. The van der Waals surface area contributed by atoms with Crippen LogP contribution in [-0.2, 0) is 17.9 Å². The van der Waals surface area contributed by atoms with Gasteiger partial charge in [0.15, 0.2) is 0 Å². The highest BCUT2D eigenvalue weighted by Crippen LogP contribution is 2.30. The highest BCUT2D eigenvalue weighted by atomic mass is 35.5. The molecule has 2 aliphatic rings. The van der Waals surface area contributed by atoms with Gasteiger partial charge in [-0.05, 0) is 62.1 Å². The van der Waals surface area contributed by atoms with Crippen LogP contribution in [0.15, 0.2) is 46.0 Å². The summed E-state index contributed by atoms with van der Waals surface area (Å²) in [6.07, 6.45) is 1.11. The van der Waals surface area contributed by atoms with Gasteiger partial charge in [-0.25, -0.2) is 9.59 Å². The topological polar surface area (TPSA) is 149 Å². The van der Waals surface area contributed by atoms with Crippen molar-refractivity contribution in [3.05, 3.63) is 67.8 Å². The van der Waals surface area contributed by atoms with E-state index in [4.69, 9.17) is 16.9 Å². The van der Waals surface area contributed by atoms with Crippen molar-refractivity contribution in [3.8, 4) is 6.07 Å². The van der Waals surface area contributed by atoms with Crippen molar-refractivity contribution in [2.75, 3.05) is 17.2 Å². The molecule has 5 rings (SSSR count). The first-order valence-corrected chi connectivity index (χ1v) is 13.1. The predicted molar refractivity (Wildman–Crippen MR) is 146 cm³/mol. The van der Waals surface area contributed by atoms with Crippen molar-refractivity contribution >= 4 is 45.8 Å². The van der Waals surface area contributed by atoms with E-state index in [0.717, 1.165) is 12.8 Å². The van der Waals surface area contributed by atoms with E-state index >= 15 is 0 Å². The molecule has 3 amide bonds. The minimum absolute atomic E-state index is 0.0323. The highest BCUT2D eigenvalue weighted by Gasteiger charge is 2.39. The molecular weight excluding hydrogens is 524 g/mol. The zero-order valence-electron chi connectivity index (χ0n) is 21.2. The molecule has 2 aromatic carbocycles. The Morgan fingerprint density at radius 2 is 1.82 bits per heavy atom. The zero-order chi connectivity index (χ0) is 27.8. The molecule has 202 valence electrons. The number of urea groups is 1. The number of aryl methyl sites for hydroxylation is 1. The molecule has 1 aliphatic carbocycles. The maximum atomic E-state index is 13.2. The van der Waals surface area contributed by atoms with E-state index in [0.29, 0.717) is 41.3 Å². The second-order valence-electron chi connectivity index (χ2n) is 9.90. The lowest BCUT2D eigenvalue weighted by atomic mass is 10.1. The van der Waals surface area contributed by atoms with E-state index < -0.39 is 29.6 Å². The summed E-state index contributed by atoms with van der Waals surface area (Å²) in [7, 11) is 0. The van der Waals surface area contributed by atoms with Crippen molar-refractivity contribution in [2.45, 2.75) is 51.4 Å². The molecule has 3 aromatic rings. The molecule has 0 radical (unpaired) electrons. The van der Waals surface area contributed by atoms with Gasteiger partial charge in [0.05, 0.1) is 27.6 Å². The van der Waals surface area contributed by atoms with Gasteiger partial charge in [-0.3, -0.25) is 18.7 Å². The Kier molecular flexibility index (Phi) is 7.16. The molecule has 0 spiro atoms. The van der Waals surface area contributed by atoms with Gasteiger partial charge >= 0.3 is 11.7 Å². The monoisotopic (exact) mass is 550 g/mol. The molecule has 2 atom stereocenters. The molecule has 39 heavy (non-hydrogen) atoms. The second-order valence-corrected chi connectivity index (χ2v) is 10.3. The Labute approximate surface area is 228 Å². The van der Waals surface area contributed by atoms with Crippen molar-refractivity contribution < 1.29 is 14.7 Å². The van der Waals surface area contributed by atoms with Gasteiger partial charge in [0.2, 0.25) is 5.91 Å². The number of nitrogens with zero attached hydrogens (tertiary/aromatic N) is 4. The number of halogens is 1. The summed E-state index contributed by atoms with van der Waals surface area (Å²) in [6, 6.07) is 9.55. The molecule has 0 unspecified atom stereocenters. The van der Waals surface area contributed by atoms with E-state index in [1.54, 1.807) is 22.8 Å². The Morgan fingerprint density at radius 1 is 1.10 bits per heavy atom. The first-order valence-electron chi connectivity index (χ1n) is 12.7. The van der Waals surface area contributed by atoms with Gasteiger partial charge in [0.25, 0.3) is 5.56 Å². The van der Waals surface area contributed by atoms with Crippen LogP contribution in [0.25, 0.3) is 10.9 Å². The van der Waals surface area contributed by atoms with Crippen LogP contribution in [-0.4, -0.2) is 49.8 Å². The summed E-state index contributed by atoms with van der Waals surface area (Å²) in [5.74, 6) is -0.201. The van der Waals surface area contributed by atoms with Crippen molar-refractivity contribution in [3.63, 3.8) is 0 Å². The van der Waals surface area contributed by atoms with Gasteiger partial charge < -0.3 is 20.6 Å². The molecule has 1 saturated heterocycles. The number of aliphatic hydroxyl groups is 1. The molecule has 3 N–H and O–H groups in total. The van der Waals surface area contributed by atoms with E-state index in [2.05, 4.69) is 10.6 Å². The molecular formula is C27H27ClN6O5.